The second-order valence-corrected chi connectivity index (χ2v) is 3.25. The molecule has 0 N–H and O–H groups in total. The van der Waals surface area contributed by atoms with Crippen molar-refractivity contribution in [1.82, 2.24) is 0 Å². The van der Waals surface area contributed by atoms with Gasteiger partial charge in [0.25, 0.3) is 0 Å². The van der Waals surface area contributed by atoms with Crippen molar-refractivity contribution in [3.63, 3.8) is 0 Å². The average molecular weight is 462 g/mol. The zero-order valence-corrected chi connectivity index (χ0v) is 13.2. The maximum Gasteiger partial charge on any atom is 1.00 e. The van der Waals surface area contributed by atoms with Gasteiger partial charge in [-0.15, -0.1) is 0 Å². The molecule has 0 radical (unpaired) electrons. The molecule has 0 amide bonds. The summed E-state index contributed by atoms with van der Waals surface area (Å²) in [5.41, 5.74) is 0. The molecule has 0 rings (SSSR count). The largest absolute Gasteiger partial charge is 1.00 e. The number of carbonyl (C=O) groups is 1. The monoisotopic (exact) mass is 462 g/mol. The summed E-state index contributed by atoms with van der Waals surface area (Å²) in [7, 11) is 1.62. The summed E-state index contributed by atoms with van der Waals surface area (Å²) >= 11 is 0. The quantitative estimate of drug-likeness (QED) is 0.228. The van der Waals surface area contributed by atoms with Gasteiger partial charge in [-0.05, 0) is 0 Å². The van der Waals surface area contributed by atoms with Crippen molar-refractivity contribution >= 4 is 5.97 Å². The number of aliphatic carboxylic acids is 1. The summed E-state index contributed by atoms with van der Waals surface area (Å²) in [6.45, 7) is 3.24. The van der Waals surface area contributed by atoms with Crippen LogP contribution >= 0.6 is 0 Å². The van der Waals surface area contributed by atoms with E-state index in [9.17, 15) is 9.90 Å². The van der Waals surface area contributed by atoms with E-state index in [1.54, 1.807) is 7.11 Å². The molecule has 0 bridgehead atoms. The number of ether oxygens (including phenoxy) is 5. The summed E-state index contributed by atoms with van der Waals surface area (Å²) in [5.74, 6) is -1.23. The van der Waals surface area contributed by atoms with Crippen LogP contribution in [0.25, 0.3) is 0 Å². The molecule has 0 aromatic rings. The van der Waals surface area contributed by atoms with Crippen LogP contribution in [-0.2, 0) is 50.9 Å². The van der Waals surface area contributed by atoms with Crippen LogP contribution in [0.15, 0.2) is 0 Å². The number of carboxylic acids is 1. The Morgan fingerprint density at radius 1 is 0.789 bits per heavy atom. The van der Waals surface area contributed by atoms with Gasteiger partial charge < -0.3 is 33.6 Å². The molecule has 0 aromatic heterocycles. The molecule has 7 nitrogen and oxygen atoms in total. The smallest absolute Gasteiger partial charge is 0.548 e. The van der Waals surface area contributed by atoms with E-state index >= 15 is 0 Å². The van der Waals surface area contributed by atoms with E-state index in [1.165, 1.54) is 0 Å². The molecule has 118 valence electrons. The first-order chi connectivity index (χ1) is 8.77. The van der Waals surface area contributed by atoms with Crippen LogP contribution in [0, 0.1) is 0 Å². The first-order valence-corrected chi connectivity index (χ1v) is 5.77. The van der Waals surface area contributed by atoms with Gasteiger partial charge in [-0.1, -0.05) is 0 Å². The Labute approximate surface area is 129 Å². The second-order valence-electron chi connectivity index (χ2n) is 3.25. The maximum atomic E-state index is 9.98. The van der Waals surface area contributed by atoms with Crippen molar-refractivity contribution < 1.29 is 56.0 Å². The fourth-order valence-electron chi connectivity index (χ4n) is 0.958. The molecule has 0 saturated heterocycles. The minimum Gasteiger partial charge on any atom is -0.548 e. The summed E-state index contributed by atoms with van der Waals surface area (Å²) in [6, 6.07) is 0. The van der Waals surface area contributed by atoms with Crippen LogP contribution in [0.3, 0.4) is 0 Å². The minimum absolute atomic E-state index is 0. The van der Waals surface area contributed by atoms with Gasteiger partial charge in [0.05, 0.1) is 65.4 Å². The molecule has 0 unspecified atom stereocenters. The van der Waals surface area contributed by atoms with Crippen molar-refractivity contribution in [3.8, 4) is 0 Å². The van der Waals surface area contributed by atoms with Gasteiger partial charge in [0.15, 0.2) is 0 Å². The van der Waals surface area contributed by atoms with E-state index in [0.29, 0.717) is 46.2 Å². The molecular weight excluding hydrogens is 441 g/mol. The normalized spacial score (nSPS) is 10.2. The predicted octanol–water partition coefficient (Wildman–Crippen LogP) is -1.55. The Kier molecular flexibility index (Phi) is 20.2. The third-order valence-electron chi connectivity index (χ3n) is 1.77. The van der Waals surface area contributed by atoms with Gasteiger partial charge >= 0.3 is 22.4 Å². The molecule has 0 fully saturated rings. The number of rotatable bonds is 14. The Morgan fingerprint density at radius 2 is 1.16 bits per heavy atom. The Hall–Kier alpha value is 0.0103. The molecule has 0 aliphatic heterocycles. The van der Waals surface area contributed by atoms with E-state index in [0.717, 1.165) is 0 Å². The van der Waals surface area contributed by atoms with Crippen LogP contribution < -0.4 is 5.11 Å². The molecule has 0 spiro atoms. The number of hydrogen-bond donors (Lipinski definition) is 0. The molecule has 0 saturated carbocycles. The van der Waals surface area contributed by atoms with Crippen molar-refractivity contribution in [1.29, 1.82) is 0 Å². The molecule has 0 aliphatic carbocycles. The summed E-state index contributed by atoms with van der Waals surface area (Å²) < 4.78 is 25.1. The van der Waals surface area contributed by atoms with Crippen LogP contribution in [-0.4, -0.2) is 72.5 Å². The summed E-state index contributed by atoms with van der Waals surface area (Å²) in [4.78, 5) is 9.98. The fourth-order valence-corrected chi connectivity index (χ4v) is 0.958. The first kappa shape index (κ1) is 21.3. The Bertz CT molecular complexity index is 192. The van der Waals surface area contributed by atoms with E-state index in [1.807, 2.05) is 0 Å². The number of hydrogen-bond acceptors (Lipinski definition) is 7. The number of carboxylic acid groups (broad SMARTS) is 1. The first-order valence-electron chi connectivity index (χ1n) is 5.77. The molecule has 0 heterocycles. The van der Waals surface area contributed by atoms with E-state index in [4.69, 9.17) is 23.7 Å². The zero-order valence-electron chi connectivity index (χ0n) is 11.0. The fraction of sp³-hybridized carbons (Fsp3) is 0.909. The van der Waals surface area contributed by atoms with Crippen LogP contribution in [0.5, 0.6) is 0 Å². The standard InChI is InChI=1S/C11H22O7.Au/c1-14-2-3-15-4-5-16-6-7-17-8-9-18-10-11(12)13;/h2-10H2,1H3,(H,12,13);/q;+1/p-1. The third-order valence-corrected chi connectivity index (χ3v) is 1.77. The molecule has 0 aromatic carbocycles. The van der Waals surface area contributed by atoms with Crippen LogP contribution in [0.1, 0.15) is 0 Å². The molecule has 0 aliphatic rings. The molecule has 0 atom stereocenters. The van der Waals surface area contributed by atoms with Crippen molar-refractivity contribution in [3.05, 3.63) is 0 Å². The van der Waals surface area contributed by atoms with Gasteiger partial charge in [0, 0.05) is 7.11 Å². The Balaban J connectivity index is 0. The topological polar surface area (TPSA) is 86.3 Å². The van der Waals surface area contributed by atoms with Gasteiger partial charge in [0.1, 0.15) is 0 Å². The van der Waals surface area contributed by atoms with Crippen molar-refractivity contribution in [2.45, 2.75) is 0 Å². The van der Waals surface area contributed by atoms with Crippen LogP contribution in [0.4, 0.5) is 0 Å². The summed E-state index contributed by atoms with van der Waals surface area (Å²) in [6.07, 6.45) is 0. The van der Waals surface area contributed by atoms with Crippen LogP contribution in [0.2, 0.25) is 0 Å². The zero-order chi connectivity index (χ0) is 13.5. The molecule has 8 heteroatoms. The Morgan fingerprint density at radius 3 is 1.53 bits per heavy atom. The maximum absolute atomic E-state index is 9.98. The van der Waals surface area contributed by atoms with Gasteiger partial charge in [-0.25, -0.2) is 0 Å². The number of carbonyl (C=O) groups excluding carboxylic acids is 1. The minimum atomic E-state index is -1.23. The van der Waals surface area contributed by atoms with Gasteiger partial charge in [-0.3, -0.25) is 0 Å². The van der Waals surface area contributed by atoms with E-state index in [2.05, 4.69) is 0 Å². The summed E-state index contributed by atoms with van der Waals surface area (Å²) in [5, 5.41) is 9.98. The van der Waals surface area contributed by atoms with Gasteiger partial charge in [0.2, 0.25) is 0 Å². The average Bonchev–Trinajstić information content (AvgIpc) is 2.34. The SMILES string of the molecule is COCCOCCOCCOCCOCC(=O)[O-].[Au+]. The molecule has 19 heavy (non-hydrogen) atoms. The van der Waals surface area contributed by atoms with E-state index in [-0.39, 0.29) is 29.0 Å². The van der Waals surface area contributed by atoms with Crippen molar-refractivity contribution in [2.75, 3.05) is 66.6 Å². The third kappa shape index (κ3) is 20.5. The molecular formula is C11H21AuO7. The number of methoxy groups -OCH3 is 1. The predicted molar refractivity (Wildman–Crippen MR) is 60.2 cm³/mol. The van der Waals surface area contributed by atoms with E-state index < -0.39 is 12.6 Å². The van der Waals surface area contributed by atoms with Crippen molar-refractivity contribution in [2.24, 2.45) is 0 Å². The van der Waals surface area contributed by atoms with Gasteiger partial charge in [-0.2, -0.15) is 0 Å². The second kappa shape index (κ2) is 18.0.